The lowest BCUT2D eigenvalue weighted by molar-refractivity contribution is 0.124. The highest BCUT2D eigenvalue weighted by atomic mass is 19.1. The maximum absolute atomic E-state index is 14.5. The molecule has 1 heterocycles. The predicted molar refractivity (Wildman–Crippen MR) is 85.9 cm³/mol. The van der Waals surface area contributed by atoms with Crippen LogP contribution in [0.25, 0.3) is 0 Å². The molecule has 1 aromatic carbocycles. The molecule has 2 rings (SSSR count). The van der Waals surface area contributed by atoms with Gasteiger partial charge in [0, 0.05) is 36.8 Å². The highest BCUT2D eigenvalue weighted by Crippen LogP contribution is 2.46. The van der Waals surface area contributed by atoms with Crippen molar-refractivity contribution < 1.29 is 4.39 Å². The number of nitrogens with one attached hydrogen (secondary N) is 1. The summed E-state index contributed by atoms with van der Waals surface area (Å²) in [6.07, 6.45) is 0. The maximum atomic E-state index is 14.5. The number of nitrogens with zero attached hydrogens (tertiary/aromatic N) is 2. The summed E-state index contributed by atoms with van der Waals surface area (Å²) in [5.74, 6) is 0.207. The van der Waals surface area contributed by atoms with Crippen molar-refractivity contribution in [3.05, 3.63) is 29.6 Å². The van der Waals surface area contributed by atoms with Crippen molar-refractivity contribution in [3.8, 4) is 0 Å². The quantitative estimate of drug-likeness (QED) is 0.900. The monoisotopic (exact) mass is 292 g/mol. The topological polar surface area (TPSA) is 53.6 Å². The molecule has 0 bridgehead atoms. The van der Waals surface area contributed by atoms with Gasteiger partial charge in [0.15, 0.2) is 5.96 Å². The average Bonchev–Trinajstić information content (AvgIpc) is 2.38. The molecule has 5 heteroatoms. The van der Waals surface area contributed by atoms with Crippen molar-refractivity contribution in [1.29, 1.82) is 0 Å². The van der Waals surface area contributed by atoms with Gasteiger partial charge in [-0.2, -0.15) is 0 Å². The van der Waals surface area contributed by atoms with Gasteiger partial charge in [0.1, 0.15) is 5.82 Å². The maximum Gasteiger partial charge on any atom is 0.191 e. The molecule has 1 aromatic rings. The van der Waals surface area contributed by atoms with E-state index in [0.29, 0.717) is 11.5 Å². The number of hydrogen-bond acceptors (Lipinski definition) is 4. The van der Waals surface area contributed by atoms with Gasteiger partial charge in [-0.05, 0) is 32.0 Å². The Bertz CT molecular complexity index is 567. The number of hydrogen-bond donors (Lipinski definition) is 2. The number of halogens is 1. The summed E-state index contributed by atoms with van der Waals surface area (Å²) in [4.78, 5) is 6.54. The minimum atomic E-state index is -0.695. The summed E-state index contributed by atoms with van der Waals surface area (Å²) in [6, 6.07) is 5.10. The second-order valence-electron chi connectivity index (χ2n) is 6.51. The van der Waals surface area contributed by atoms with Crippen LogP contribution < -0.4 is 11.1 Å². The molecular weight excluding hydrogens is 267 g/mol. The van der Waals surface area contributed by atoms with Gasteiger partial charge in [0.05, 0.1) is 5.54 Å². The Morgan fingerprint density at radius 2 is 2.05 bits per heavy atom. The summed E-state index contributed by atoms with van der Waals surface area (Å²) in [5, 5.41) is 3.22. The Morgan fingerprint density at radius 3 is 2.67 bits per heavy atom. The van der Waals surface area contributed by atoms with Crippen LogP contribution in [-0.2, 0) is 5.54 Å². The van der Waals surface area contributed by atoms with E-state index in [0.717, 1.165) is 18.8 Å². The largest absolute Gasteiger partial charge is 0.385 e. The number of rotatable bonds is 3. The minimum absolute atomic E-state index is 0.240. The zero-order chi connectivity index (χ0) is 15.8. The highest BCUT2D eigenvalue weighted by molar-refractivity contribution is 5.79. The molecule has 21 heavy (non-hydrogen) atoms. The Labute approximate surface area is 126 Å². The Balaban J connectivity index is 2.59. The molecule has 1 atom stereocenters. The fourth-order valence-electron chi connectivity index (χ4n) is 2.93. The number of anilines is 1. The standard InChI is InChI=1S/C16H25FN4/c1-6-19-11-7-8-13(17)12(9-11)16(4)15(2,3)10-21(5)14(18)20-16/h7-9,19H,6,10H2,1-5H3,(H2,18,20)/t16-/m1/s1. The first kappa shape index (κ1) is 15.6. The van der Waals surface area contributed by atoms with Crippen molar-refractivity contribution in [2.45, 2.75) is 33.2 Å². The van der Waals surface area contributed by atoms with Crippen molar-refractivity contribution >= 4 is 11.6 Å². The molecule has 1 aliphatic heterocycles. The fraction of sp³-hybridized carbons (Fsp3) is 0.562. The molecule has 3 N–H and O–H groups in total. The van der Waals surface area contributed by atoms with Crippen molar-refractivity contribution in [3.63, 3.8) is 0 Å². The molecule has 0 amide bonds. The zero-order valence-corrected chi connectivity index (χ0v) is 13.5. The van der Waals surface area contributed by atoms with E-state index in [4.69, 9.17) is 5.73 Å². The first-order valence-corrected chi connectivity index (χ1v) is 7.31. The van der Waals surface area contributed by atoms with Crippen LogP contribution in [0.1, 0.15) is 33.3 Å². The summed E-state index contributed by atoms with van der Waals surface area (Å²) in [6.45, 7) is 9.68. The van der Waals surface area contributed by atoms with Crippen molar-refractivity contribution in [2.75, 3.05) is 25.5 Å². The van der Waals surface area contributed by atoms with Gasteiger partial charge in [0.25, 0.3) is 0 Å². The van der Waals surface area contributed by atoms with Gasteiger partial charge in [-0.3, -0.25) is 0 Å². The lowest BCUT2D eigenvalue weighted by Gasteiger charge is -2.48. The second kappa shape index (κ2) is 5.20. The van der Waals surface area contributed by atoms with Crippen LogP contribution in [0.2, 0.25) is 0 Å². The molecule has 0 saturated carbocycles. The zero-order valence-electron chi connectivity index (χ0n) is 13.5. The van der Waals surface area contributed by atoms with Gasteiger partial charge in [-0.1, -0.05) is 13.8 Å². The van der Waals surface area contributed by atoms with Gasteiger partial charge in [-0.25, -0.2) is 9.38 Å². The van der Waals surface area contributed by atoms with E-state index in [-0.39, 0.29) is 11.2 Å². The molecule has 0 aromatic heterocycles. The van der Waals surface area contributed by atoms with E-state index in [2.05, 4.69) is 24.2 Å². The van der Waals surface area contributed by atoms with Gasteiger partial charge in [0.2, 0.25) is 0 Å². The highest BCUT2D eigenvalue weighted by Gasteiger charge is 2.48. The van der Waals surface area contributed by atoms with Crippen molar-refractivity contribution in [1.82, 2.24) is 4.90 Å². The predicted octanol–water partition coefficient (Wildman–Crippen LogP) is 2.76. The van der Waals surface area contributed by atoms with E-state index >= 15 is 0 Å². The van der Waals surface area contributed by atoms with Crippen LogP contribution in [0.15, 0.2) is 23.2 Å². The van der Waals surface area contributed by atoms with Crippen LogP contribution in [-0.4, -0.2) is 31.0 Å². The number of aliphatic imine (C=N–C) groups is 1. The smallest absolute Gasteiger partial charge is 0.191 e. The lowest BCUT2D eigenvalue weighted by atomic mass is 9.68. The molecule has 0 radical (unpaired) electrons. The van der Waals surface area contributed by atoms with Gasteiger partial charge < -0.3 is 16.0 Å². The summed E-state index contributed by atoms with van der Waals surface area (Å²) in [7, 11) is 1.91. The van der Waals surface area contributed by atoms with Crippen LogP contribution in [0, 0.1) is 11.2 Å². The Hall–Kier alpha value is -1.78. The molecule has 0 fully saturated rings. The SMILES string of the molecule is CCNc1ccc(F)c([C@@]2(C)N=C(N)N(C)CC2(C)C)c1. The summed E-state index contributed by atoms with van der Waals surface area (Å²) < 4.78 is 14.5. The molecule has 4 nitrogen and oxygen atoms in total. The van der Waals surface area contributed by atoms with Crippen molar-refractivity contribution in [2.24, 2.45) is 16.1 Å². The third-order valence-electron chi connectivity index (χ3n) is 4.55. The number of benzene rings is 1. The number of nitrogens with two attached hydrogens (primary N) is 1. The number of guanidine groups is 1. The average molecular weight is 292 g/mol. The normalized spacial score (nSPS) is 24.7. The van der Waals surface area contributed by atoms with Crippen LogP contribution in [0.5, 0.6) is 0 Å². The molecular formula is C16H25FN4. The minimum Gasteiger partial charge on any atom is -0.385 e. The summed E-state index contributed by atoms with van der Waals surface area (Å²) >= 11 is 0. The molecule has 116 valence electrons. The fourth-order valence-corrected chi connectivity index (χ4v) is 2.93. The molecule has 0 spiro atoms. The van der Waals surface area contributed by atoms with Gasteiger partial charge in [-0.15, -0.1) is 0 Å². The molecule has 0 aliphatic carbocycles. The Morgan fingerprint density at radius 1 is 1.38 bits per heavy atom. The van der Waals surface area contributed by atoms with E-state index in [1.54, 1.807) is 6.07 Å². The summed E-state index contributed by atoms with van der Waals surface area (Å²) in [5.41, 5.74) is 6.55. The molecule has 0 saturated heterocycles. The third-order valence-corrected chi connectivity index (χ3v) is 4.55. The van der Waals surface area contributed by atoms with E-state index < -0.39 is 5.54 Å². The third kappa shape index (κ3) is 2.57. The first-order chi connectivity index (χ1) is 9.71. The molecule has 0 unspecified atom stereocenters. The van der Waals surface area contributed by atoms with E-state index in [1.807, 2.05) is 31.9 Å². The second-order valence-corrected chi connectivity index (χ2v) is 6.51. The molecule has 1 aliphatic rings. The lowest BCUT2D eigenvalue weighted by Crippen LogP contribution is -2.54. The van der Waals surface area contributed by atoms with E-state index in [9.17, 15) is 4.39 Å². The van der Waals surface area contributed by atoms with Crippen LogP contribution in [0.3, 0.4) is 0 Å². The van der Waals surface area contributed by atoms with Gasteiger partial charge >= 0.3 is 0 Å². The van der Waals surface area contributed by atoms with Crippen LogP contribution in [0.4, 0.5) is 10.1 Å². The van der Waals surface area contributed by atoms with E-state index in [1.165, 1.54) is 6.07 Å². The Kier molecular flexibility index (Phi) is 3.87. The first-order valence-electron chi connectivity index (χ1n) is 7.31. The van der Waals surface area contributed by atoms with Crippen LogP contribution >= 0.6 is 0 Å².